The maximum atomic E-state index is 13.1. The lowest BCUT2D eigenvalue weighted by Crippen LogP contribution is -2.56. The van der Waals surface area contributed by atoms with E-state index in [1.54, 1.807) is 0 Å². The fourth-order valence-corrected chi connectivity index (χ4v) is 6.25. The largest absolute Gasteiger partial charge is 0.389 e. The molecule has 3 fully saturated rings. The van der Waals surface area contributed by atoms with E-state index < -0.39 is 5.60 Å². The minimum Gasteiger partial charge on any atom is -0.389 e. The number of rotatable bonds is 6. The normalized spacial score (nSPS) is 29.5. The minimum absolute atomic E-state index is 0.124. The molecule has 2 saturated heterocycles. The van der Waals surface area contributed by atoms with Gasteiger partial charge in [0.05, 0.1) is 12.1 Å². The van der Waals surface area contributed by atoms with E-state index >= 15 is 0 Å². The lowest BCUT2D eigenvalue weighted by atomic mass is 9.66. The number of amides is 1. The number of piperidine rings is 2. The molecule has 172 valence electrons. The molecule has 1 aromatic carbocycles. The van der Waals surface area contributed by atoms with Gasteiger partial charge < -0.3 is 14.9 Å². The molecule has 0 spiro atoms. The topological polar surface area (TPSA) is 47.0 Å². The van der Waals surface area contributed by atoms with Crippen molar-refractivity contribution in [1.82, 2.24) is 9.80 Å². The summed E-state index contributed by atoms with van der Waals surface area (Å²) >= 11 is 0. The molecular weight excluding hydrogens is 386 g/mol. The van der Waals surface area contributed by atoms with Gasteiger partial charge in [-0.05, 0) is 70.1 Å². The number of aliphatic hydroxyl groups is 1. The Hall–Kier alpha value is -1.59. The molecule has 2 heterocycles. The van der Waals surface area contributed by atoms with Crippen molar-refractivity contribution >= 4 is 11.6 Å². The van der Waals surface area contributed by atoms with Crippen LogP contribution in [0.25, 0.3) is 0 Å². The van der Waals surface area contributed by atoms with E-state index in [0.717, 1.165) is 71.2 Å². The Balaban J connectivity index is 1.58. The van der Waals surface area contributed by atoms with Crippen molar-refractivity contribution in [3.05, 3.63) is 29.8 Å². The molecular formula is C26H41N3O2. The van der Waals surface area contributed by atoms with E-state index in [2.05, 4.69) is 52.8 Å². The average molecular weight is 428 g/mol. The van der Waals surface area contributed by atoms with Gasteiger partial charge in [-0.2, -0.15) is 0 Å². The number of hydrogen-bond acceptors (Lipinski definition) is 4. The fraction of sp³-hybridized carbons (Fsp3) is 0.731. The van der Waals surface area contributed by atoms with Crippen LogP contribution in [0.2, 0.25) is 0 Å². The van der Waals surface area contributed by atoms with E-state index in [1.165, 1.54) is 24.1 Å². The molecule has 1 saturated carbocycles. The molecule has 3 atom stereocenters. The third-order valence-electron chi connectivity index (χ3n) is 8.08. The van der Waals surface area contributed by atoms with Gasteiger partial charge in [-0.3, -0.25) is 9.69 Å². The van der Waals surface area contributed by atoms with Crippen LogP contribution in [-0.2, 0) is 4.79 Å². The lowest BCUT2D eigenvalue weighted by molar-refractivity contribution is -0.145. The second kappa shape index (κ2) is 9.91. The van der Waals surface area contributed by atoms with Crippen molar-refractivity contribution in [3.63, 3.8) is 0 Å². The molecule has 0 aromatic heterocycles. The highest BCUT2D eigenvalue weighted by atomic mass is 16.3. The van der Waals surface area contributed by atoms with Crippen LogP contribution in [0.4, 0.5) is 5.69 Å². The zero-order chi connectivity index (χ0) is 21.8. The summed E-state index contributed by atoms with van der Waals surface area (Å²) in [6.07, 6.45) is 8.53. The van der Waals surface area contributed by atoms with Crippen molar-refractivity contribution in [2.24, 2.45) is 5.92 Å². The summed E-state index contributed by atoms with van der Waals surface area (Å²) in [5.41, 5.74) is 1.93. The maximum Gasteiger partial charge on any atom is 0.236 e. The fourth-order valence-electron chi connectivity index (χ4n) is 6.25. The van der Waals surface area contributed by atoms with Gasteiger partial charge in [0.1, 0.15) is 0 Å². The third kappa shape index (κ3) is 4.78. The predicted octanol–water partition coefficient (Wildman–Crippen LogP) is 4.21. The van der Waals surface area contributed by atoms with Gasteiger partial charge in [-0.1, -0.05) is 25.0 Å². The summed E-state index contributed by atoms with van der Waals surface area (Å²) in [5, 5.41) is 11.5. The molecule has 4 rings (SSSR count). The highest BCUT2D eigenvalue weighted by Crippen LogP contribution is 2.49. The summed E-state index contributed by atoms with van der Waals surface area (Å²) in [7, 11) is 0. The Bertz CT molecular complexity index is 727. The summed E-state index contributed by atoms with van der Waals surface area (Å²) < 4.78 is 0. The Morgan fingerprint density at radius 2 is 1.71 bits per heavy atom. The van der Waals surface area contributed by atoms with E-state index in [4.69, 9.17) is 0 Å². The molecule has 1 amide bonds. The Morgan fingerprint density at radius 3 is 2.39 bits per heavy atom. The van der Waals surface area contributed by atoms with Crippen LogP contribution < -0.4 is 4.90 Å². The lowest BCUT2D eigenvalue weighted by Gasteiger charge is -2.52. The van der Waals surface area contributed by atoms with Crippen LogP contribution in [0.1, 0.15) is 76.8 Å². The van der Waals surface area contributed by atoms with Gasteiger partial charge in [0.25, 0.3) is 0 Å². The van der Waals surface area contributed by atoms with Crippen LogP contribution in [0.3, 0.4) is 0 Å². The number of fused-ring (bicyclic) bond motifs is 1. The molecule has 2 aliphatic heterocycles. The van der Waals surface area contributed by atoms with Crippen LogP contribution in [0, 0.1) is 5.92 Å². The quantitative estimate of drug-likeness (QED) is 0.739. The van der Waals surface area contributed by atoms with Crippen molar-refractivity contribution in [1.29, 1.82) is 0 Å². The molecule has 1 aromatic rings. The Morgan fingerprint density at radius 1 is 1.00 bits per heavy atom. The highest BCUT2D eigenvalue weighted by molar-refractivity contribution is 5.78. The number of benzene rings is 1. The Kier molecular flexibility index (Phi) is 7.22. The summed E-state index contributed by atoms with van der Waals surface area (Å²) in [4.78, 5) is 19.9. The first-order chi connectivity index (χ1) is 15.1. The average Bonchev–Trinajstić information content (AvgIpc) is 2.81. The number of anilines is 1. The van der Waals surface area contributed by atoms with Gasteiger partial charge in [0.15, 0.2) is 0 Å². The SMILES string of the molecule is CCN(CC)c1ccc([C@@H]2[C@H]3CCCC[C@@]3(O)CCN2CC(=O)N2CCCCC2)cc1. The summed E-state index contributed by atoms with van der Waals surface area (Å²) in [5.74, 6) is 0.481. The van der Waals surface area contributed by atoms with Crippen LogP contribution >= 0.6 is 0 Å². The second-order valence-corrected chi connectivity index (χ2v) is 9.83. The first-order valence-corrected chi connectivity index (χ1v) is 12.6. The van der Waals surface area contributed by atoms with Crippen LogP contribution in [0.15, 0.2) is 24.3 Å². The first-order valence-electron chi connectivity index (χ1n) is 12.6. The van der Waals surface area contributed by atoms with Crippen molar-refractivity contribution in [2.75, 3.05) is 44.2 Å². The van der Waals surface area contributed by atoms with Crippen molar-refractivity contribution in [2.45, 2.75) is 76.9 Å². The monoisotopic (exact) mass is 427 g/mol. The maximum absolute atomic E-state index is 13.1. The molecule has 5 nitrogen and oxygen atoms in total. The Labute approximate surface area is 188 Å². The molecule has 0 bridgehead atoms. The smallest absolute Gasteiger partial charge is 0.236 e. The van der Waals surface area contributed by atoms with Gasteiger partial charge in [0.2, 0.25) is 5.91 Å². The van der Waals surface area contributed by atoms with Crippen molar-refractivity contribution in [3.8, 4) is 0 Å². The molecule has 1 aliphatic carbocycles. The van der Waals surface area contributed by atoms with E-state index in [0.29, 0.717) is 6.54 Å². The zero-order valence-corrected chi connectivity index (χ0v) is 19.6. The third-order valence-corrected chi connectivity index (χ3v) is 8.08. The molecule has 5 heteroatoms. The minimum atomic E-state index is -0.578. The molecule has 31 heavy (non-hydrogen) atoms. The van der Waals surface area contributed by atoms with E-state index in [-0.39, 0.29) is 17.9 Å². The molecule has 3 aliphatic rings. The number of carbonyl (C=O) groups excluding carboxylic acids is 1. The summed E-state index contributed by atoms with van der Waals surface area (Å²) in [6, 6.07) is 9.07. The number of carbonyl (C=O) groups is 1. The van der Waals surface area contributed by atoms with Crippen LogP contribution in [-0.4, -0.2) is 65.7 Å². The van der Waals surface area contributed by atoms with Crippen molar-refractivity contribution < 1.29 is 9.90 Å². The van der Waals surface area contributed by atoms with Gasteiger partial charge in [-0.15, -0.1) is 0 Å². The first kappa shape index (κ1) is 22.6. The number of nitrogens with zero attached hydrogens (tertiary/aromatic N) is 3. The van der Waals surface area contributed by atoms with E-state index in [9.17, 15) is 9.90 Å². The zero-order valence-electron chi connectivity index (χ0n) is 19.6. The molecule has 0 radical (unpaired) electrons. The van der Waals surface area contributed by atoms with Crippen LogP contribution in [0.5, 0.6) is 0 Å². The summed E-state index contributed by atoms with van der Waals surface area (Å²) in [6.45, 7) is 9.47. The number of likely N-dealkylation sites (tertiary alicyclic amines) is 2. The van der Waals surface area contributed by atoms with E-state index in [1.807, 2.05) is 0 Å². The second-order valence-electron chi connectivity index (χ2n) is 9.83. The predicted molar refractivity (Wildman–Crippen MR) is 126 cm³/mol. The van der Waals surface area contributed by atoms with Gasteiger partial charge in [0, 0.05) is 50.4 Å². The standard InChI is InChI=1S/C26H41N3O2/c1-3-27(4-2)22-13-11-21(12-14-22)25-23-10-6-7-15-26(23,31)16-19-29(25)20-24(30)28-17-8-5-9-18-28/h11-14,23,25,31H,3-10,15-20H2,1-2H3/t23-,25-,26-/m1/s1. The van der Waals surface area contributed by atoms with Gasteiger partial charge in [-0.25, -0.2) is 0 Å². The number of hydrogen-bond donors (Lipinski definition) is 1. The highest BCUT2D eigenvalue weighted by Gasteiger charge is 2.49. The van der Waals surface area contributed by atoms with Gasteiger partial charge >= 0.3 is 0 Å². The molecule has 1 N–H and O–H groups in total. The molecule has 0 unspecified atom stereocenters.